The van der Waals surface area contributed by atoms with Crippen molar-refractivity contribution in [3.8, 4) is 6.07 Å². The maximum Gasteiger partial charge on any atom is 0.265 e. The van der Waals surface area contributed by atoms with Gasteiger partial charge in [0.05, 0.1) is 0 Å². The van der Waals surface area contributed by atoms with Crippen molar-refractivity contribution in [3.63, 3.8) is 0 Å². The summed E-state index contributed by atoms with van der Waals surface area (Å²) in [6.45, 7) is 0. The first-order valence-corrected chi connectivity index (χ1v) is 6.75. The standard InChI is InChI=1S/C10H6ClN5O2S/c11-9-3-4-13-10(15-9)16-19(17,18)8-2-1-7(5-12)14-6-8/h1-4,6H,(H,13,15,16). The van der Waals surface area contributed by atoms with Gasteiger partial charge in [-0.1, -0.05) is 11.6 Å². The summed E-state index contributed by atoms with van der Waals surface area (Å²) in [6, 6.07) is 5.77. The maximum atomic E-state index is 12.0. The van der Waals surface area contributed by atoms with Gasteiger partial charge in [-0.25, -0.2) is 28.1 Å². The molecule has 0 amide bonds. The van der Waals surface area contributed by atoms with Gasteiger partial charge in [0.2, 0.25) is 5.95 Å². The van der Waals surface area contributed by atoms with Crippen LogP contribution in [0, 0.1) is 11.3 Å². The topological polar surface area (TPSA) is 109 Å². The Balaban J connectivity index is 2.30. The molecule has 0 aliphatic rings. The molecule has 0 aliphatic heterocycles. The van der Waals surface area contributed by atoms with E-state index in [1.165, 1.54) is 24.4 Å². The molecule has 2 aromatic heterocycles. The van der Waals surface area contributed by atoms with Crippen molar-refractivity contribution >= 4 is 27.6 Å². The van der Waals surface area contributed by atoms with Gasteiger partial charge in [-0.3, -0.25) is 0 Å². The van der Waals surface area contributed by atoms with Crippen LogP contribution in [0.25, 0.3) is 0 Å². The molecule has 0 unspecified atom stereocenters. The first-order chi connectivity index (χ1) is 9.01. The molecule has 0 spiro atoms. The SMILES string of the molecule is N#Cc1ccc(S(=O)(=O)Nc2nccc(Cl)n2)cn1. The lowest BCUT2D eigenvalue weighted by molar-refractivity contribution is 0.600. The highest BCUT2D eigenvalue weighted by atomic mass is 35.5. The van der Waals surface area contributed by atoms with E-state index < -0.39 is 10.0 Å². The van der Waals surface area contributed by atoms with E-state index >= 15 is 0 Å². The first kappa shape index (κ1) is 13.2. The summed E-state index contributed by atoms with van der Waals surface area (Å²) in [5.41, 5.74) is 0.123. The number of nitrogens with one attached hydrogen (secondary N) is 1. The van der Waals surface area contributed by atoms with Gasteiger partial charge in [0.1, 0.15) is 21.8 Å². The number of nitrogens with zero attached hydrogens (tertiary/aromatic N) is 4. The first-order valence-electron chi connectivity index (χ1n) is 4.89. The number of halogens is 1. The van der Waals surface area contributed by atoms with E-state index in [1.54, 1.807) is 6.07 Å². The van der Waals surface area contributed by atoms with Crippen LogP contribution in [0.3, 0.4) is 0 Å². The van der Waals surface area contributed by atoms with Crippen LogP contribution >= 0.6 is 11.6 Å². The highest BCUT2D eigenvalue weighted by Gasteiger charge is 2.16. The summed E-state index contributed by atoms with van der Waals surface area (Å²) < 4.78 is 26.1. The van der Waals surface area contributed by atoms with Crippen molar-refractivity contribution in [1.82, 2.24) is 15.0 Å². The Kier molecular flexibility index (Phi) is 3.59. The summed E-state index contributed by atoms with van der Waals surface area (Å²) in [5.74, 6) is -0.142. The minimum Gasteiger partial charge on any atom is -0.247 e. The van der Waals surface area contributed by atoms with E-state index in [0.717, 1.165) is 6.20 Å². The van der Waals surface area contributed by atoms with Crippen LogP contribution in [0.1, 0.15) is 5.69 Å². The minimum absolute atomic E-state index is 0.102. The van der Waals surface area contributed by atoms with Crippen LogP contribution in [0.15, 0.2) is 35.5 Å². The van der Waals surface area contributed by atoms with Gasteiger partial charge in [0.25, 0.3) is 10.0 Å². The molecule has 0 aromatic carbocycles. The van der Waals surface area contributed by atoms with Gasteiger partial charge in [0, 0.05) is 12.4 Å². The molecule has 1 N–H and O–H groups in total. The molecule has 0 radical (unpaired) electrons. The molecule has 0 atom stereocenters. The molecule has 7 nitrogen and oxygen atoms in total. The lowest BCUT2D eigenvalue weighted by Crippen LogP contribution is -2.15. The van der Waals surface area contributed by atoms with Crippen molar-refractivity contribution < 1.29 is 8.42 Å². The van der Waals surface area contributed by atoms with Gasteiger partial charge in [-0.05, 0) is 18.2 Å². The molecule has 2 rings (SSSR count). The van der Waals surface area contributed by atoms with Gasteiger partial charge >= 0.3 is 0 Å². The monoisotopic (exact) mass is 295 g/mol. The van der Waals surface area contributed by atoms with Crippen molar-refractivity contribution in [3.05, 3.63) is 41.4 Å². The van der Waals surface area contributed by atoms with Gasteiger partial charge in [-0.2, -0.15) is 5.26 Å². The van der Waals surface area contributed by atoms with Crippen LogP contribution in [0.2, 0.25) is 5.15 Å². The zero-order valence-electron chi connectivity index (χ0n) is 9.28. The number of rotatable bonds is 3. The summed E-state index contributed by atoms with van der Waals surface area (Å²) >= 11 is 5.62. The Morgan fingerprint density at radius 1 is 1.26 bits per heavy atom. The predicted octanol–water partition coefficient (Wildman–Crippen LogP) is 1.20. The Bertz CT molecular complexity index is 739. The van der Waals surface area contributed by atoms with Gasteiger partial charge in [-0.15, -0.1) is 0 Å². The summed E-state index contributed by atoms with van der Waals surface area (Å²) in [7, 11) is -3.86. The second-order valence-corrected chi connectivity index (χ2v) is 5.37. The second kappa shape index (κ2) is 5.17. The summed E-state index contributed by atoms with van der Waals surface area (Å²) in [5, 5.41) is 8.70. The average Bonchev–Trinajstić information content (AvgIpc) is 2.38. The molecular weight excluding hydrogens is 290 g/mol. The van der Waals surface area contributed by atoms with Crippen LogP contribution in [0.4, 0.5) is 5.95 Å². The van der Waals surface area contributed by atoms with E-state index in [1.807, 2.05) is 0 Å². The summed E-state index contributed by atoms with van der Waals surface area (Å²) in [6.07, 6.45) is 2.40. The van der Waals surface area contributed by atoms with E-state index in [4.69, 9.17) is 16.9 Å². The zero-order valence-corrected chi connectivity index (χ0v) is 10.9. The number of anilines is 1. The molecule has 0 bridgehead atoms. The maximum absolute atomic E-state index is 12.0. The smallest absolute Gasteiger partial charge is 0.247 e. The van der Waals surface area contributed by atoms with Crippen LogP contribution in [-0.4, -0.2) is 23.4 Å². The normalized spacial score (nSPS) is 10.7. The molecular formula is C10H6ClN5O2S. The average molecular weight is 296 g/mol. The Morgan fingerprint density at radius 2 is 2.05 bits per heavy atom. The molecule has 0 aliphatic carbocycles. The van der Waals surface area contributed by atoms with Crippen molar-refractivity contribution in [2.24, 2.45) is 0 Å². The number of hydrogen-bond acceptors (Lipinski definition) is 6. The zero-order chi connectivity index (χ0) is 13.9. The molecule has 96 valence electrons. The third-order valence-corrected chi connectivity index (χ3v) is 3.53. The number of aromatic nitrogens is 3. The molecule has 9 heteroatoms. The fraction of sp³-hybridized carbons (Fsp3) is 0. The van der Waals surface area contributed by atoms with Crippen LogP contribution < -0.4 is 4.72 Å². The molecule has 2 heterocycles. The molecule has 2 aromatic rings. The number of nitriles is 1. The quantitative estimate of drug-likeness (QED) is 0.852. The number of hydrogen-bond donors (Lipinski definition) is 1. The van der Waals surface area contributed by atoms with Crippen molar-refractivity contribution in [1.29, 1.82) is 5.26 Å². The second-order valence-electron chi connectivity index (χ2n) is 3.30. The largest absolute Gasteiger partial charge is 0.265 e. The molecule has 0 saturated carbocycles. The fourth-order valence-corrected chi connectivity index (χ4v) is 2.20. The van der Waals surface area contributed by atoms with Crippen molar-refractivity contribution in [2.45, 2.75) is 4.90 Å². The number of sulfonamides is 1. The Hall–Kier alpha value is -2.24. The highest BCUT2D eigenvalue weighted by molar-refractivity contribution is 7.92. The van der Waals surface area contributed by atoms with Gasteiger partial charge in [0.15, 0.2) is 0 Å². The van der Waals surface area contributed by atoms with Crippen LogP contribution in [-0.2, 0) is 10.0 Å². The Morgan fingerprint density at radius 3 is 2.63 bits per heavy atom. The summed E-state index contributed by atoms with van der Waals surface area (Å²) in [4.78, 5) is 11.0. The highest BCUT2D eigenvalue weighted by Crippen LogP contribution is 2.13. The van der Waals surface area contributed by atoms with E-state index in [0.29, 0.717) is 0 Å². The minimum atomic E-state index is -3.86. The van der Waals surface area contributed by atoms with E-state index in [2.05, 4.69) is 19.7 Å². The lowest BCUT2D eigenvalue weighted by Gasteiger charge is -2.05. The molecule has 0 fully saturated rings. The molecule has 19 heavy (non-hydrogen) atoms. The van der Waals surface area contributed by atoms with E-state index in [9.17, 15) is 8.42 Å². The van der Waals surface area contributed by atoms with E-state index in [-0.39, 0.29) is 21.7 Å². The van der Waals surface area contributed by atoms with Crippen LogP contribution in [0.5, 0.6) is 0 Å². The third kappa shape index (κ3) is 3.15. The lowest BCUT2D eigenvalue weighted by atomic mass is 10.4. The van der Waals surface area contributed by atoms with Gasteiger partial charge < -0.3 is 0 Å². The number of pyridine rings is 1. The Labute approximate surface area is 114 Å². The predicted molar refractivity (Wildman–Crippen MR) is 66.8 cm³/mol. The fourth-order valence-electron chi connectivity index (χ4n) is 1.17. The molecule has 0 saturated heterocycles. The van der Waals surface area contributed by atoms with Crippen molar-refractivity contribution in [2.75, 3.05) is 4.72 Å². The third-order valence-electron chi connectivity index (χ3n) is 2.01.